The maximum absolute atomic E-state index is 12.9. The normalized spacial score (nSPS) is 11.0. The minimum absolute atomic E-state index is 0.148. The molecule has 0 unspecified atom stereocenters. The predicted molar refractivity (Wildman–Crippen MR) is 96.4 cm³/mol. The fourth-order valence-corrected chi connectivity index (χ4v) is 3.10. The second-order valence-electron chi connectivity index (χ2n) is 5.44. The van der Waals surface area contributed by atoms with Crippen molar-refractivity contribution in [3.8, 4) is 0 Å². The van der Waals surface area contributed by atoms with Gasteiger partial charge in [0.15, 0.2) is 0 Å². The first-order valence-corrected chi connectivity index (χ1v) is 9.37. The van der Waals surface area contributed by atoms with E-state index in [9.17, 15) is 17.6 Å². The highest BCUT2D eigenvalue weighted by Gasteiger charge is 2.16. The molecule has 2 rings (SSSR count). The number of carbonyl (C=O) groups excluding carboxylic acids is 1. The average Bonchev–Trinajstić information content (AvgIpc) is 2.58. The Kier molecular flexibility index (Phi) is 5.93. The van der Waals surface area contributed by atoms with E-state index in [1.165, 1.54) is 22.5 Å². The van der Waals surface area contributed by atoms with Crippen LogP contribution in [0.5, 0.6) is 0 Å². The number of hydrogen-bond acceptors (Lipinski definition) is 3. The van der Waals surface area contributed by atoms with Gasteiger partial charge >= 0.3 is 0 Å². The van der Waals surface area contributed by atoms with Gasteiger partial charge in [0.05, 0.1) is 18.5 Å². The topological polar surface area (TPSA) is 66.5 Å². The van der Waals surface area contributed by atoms with E-state index in [1.54, 1.807) is 36.4 Å². The molecule has 0 aromatic heterocycles. The number of nitrogens with one attached hydrogen (secondary N) is 1. The van der Waals surface area contributed by atoms with Crippen LogP contribution in [0.2, 0.25) is 0 Å². The molecule has 2 aromatic carbocycles. The van der Waals surface area contributed by atoms with Crippen LogP contribution in [0.15, 0.2) is 61.2 Å². The molecule has 0 heterocycles. The summed E-state index contributed by atoms with van der Waals surface area (Å²) in [5.41, 5.74) is 1.64. The summed E-state index contributed by atoms with van der Waals surface area (Å²) >= 11 is 0. The van der Waals surface area contributed by atoms with Gasteiger partial charge in [-0.2, -0.15) is 0 Å². The third-order valence-corrected chi connectivity index (χ3v) is 4.64. The van der Waals surface area contributed by atoms with Gasteiger partial charge in [-0.1, -0.05) is 18.2 Å². The Morgan fingerprint density at radius 3 is 2.28 bits per heavy atom. The Balaban J connectivity index is 2.06. The fourth-order valence-electron chi connectivity index (χ4n) is 2.22. The zero-order valence-electron chi connectivity index (χ0n) is 13.8. The highest BCUT2D eigenvalue weighted by molar-refractivity contribution is 7.92. The maximum atomic E-state index is 12.9. The SMILES string of the molecule is C=CCN(c1ccc(C(=O)NCc2ccc(F)cc2)cc1)S(C)(=O)=O. The third-order valence-electron chi connectivity index (χ3n) is 3.48. The number of sulfonamides is 1. The third kappa shape index (κ3) is 5.15. The highest BCUT2D eigenvalue weighted by Crippen LogP contribution is 2.18. The summed E-state index contributed by atoms with van der Waals surface area (Å²) in [7, 11) is -3.43. The maximum Gasteiger partial charge on any atom is 0.251 e. The summed E-state index contributed by atoms with van der Waals surface area (Å²) in [6, 6.07) is 12.1. The number of nitrogens with zero attached hydrogens (tertiary/aromatic N) is 1. The summed E-state index contributed by atoms with van der Waals surface area (Å²) in [6.07, 6.45) is 2.60. The summed E-state index contributed by atoms with van der Waals surface area (Å²) in [5.74, 6) is -0.633. The smallest absolute Gasteiger partial charge is 0.251 e. The molecule has 0 atom stereocenters. The molecular weight excluding hydrogens is 343 g/mol. The van der Waals surface area contributed by atoms with E-state index in [-0.39, 0.29) is 24.8 Å². The molecule has 0 saturated carbocycles. The molecule has 132 valence electrons. The molecule has 0 radical (unpaired) electrons. The summed E-state index contributed by atoms with van der Waals surface area (Å²) in [5, 5.41) is 2.73. The first-order valence-electron chi connectivity index (χ1n) is 7.52. The van der Waals surface area contributed by atoms with Crippen molar-refractivity contribution in [2.75, 3.05) is 17.1 Å². The first kappa shape index (κ1) is 18.7. The van der Waals surface area contributed by atoms with Gasteiger partial charge in [0.2, 0.25) is 10.0 Å². The van der Waals surface area contributed by atoms with Crippen molar-refractivity contribution >= 4 is 21.6 Å². The van der Waals surface area contributed by atoms with E-state index in [2.05, 4.69) is 11.9 Å². The lowest BCUT2D eigenvalue weighted by Gasteiger charge is -2.20. The van der Waals surface area contributed by atoms with Crippen molar-refractivity contribution < 1.29 is 17.6 Å². The Labute approximate surface area is 146 Å². The lowest BCUT2D eigenvalue weighted by Crippen LogP contribution is -2.30. The van der Waals surface area contributed by atoms with E-state index in [0.717, 1.165) is 11.8 Å². The van der Waals surface area contributed by atoms with Crippen molar-refractivity contribution in [1.82, 2.24) is 5.32 Å². The first-order chi connectivity index (χ1) is 11.8. The van der Waals surface area contributed by atoms with Gasteiger partial charge in [-0.15, -0.1) is 6.58 Å². The fraction of sp³-hybridized carbons (Fsp3) is 0.167. The van der Waals surface area contributed by atoms with Crippen LogP contribution in [0.3, 0.4) is 0 Å². The number of carbonyl (C=O) groups is 1. The van der Waals surface area contributed by atoms with Gasteiger partial charge in [-0.05, 0) is 42.0 Å². The zero-order valence-corrected chi connectivity index (χ0v) is 14.6. The number of anilines is 1. The number of halogens is 1. The van der Waals surface area contributed by atoms with Gasteiger partial charge in [-0.25, -0.2) is 12.8 Å². The van der Waals surface area contributed by atoms with Gasteiger partial charge in [0.1, 0.15) is 5.82 Å². The molecule has 0 spiro atoms. The molecule has 7 heteroatoms. The van der Waals surface area contributed by atoms with E-state index in [1.807, 2.05) is 0 Å². The van der Waals surface area contributed by atoms with Crippen molar-refractivity contribution in [3.63, 3.8) is 0 Å². The average molecular weight is 362 g/mol. The van der Waals surface area contributed by atoms with Crippen LogP contribution in [0.25, 0.3) is 0 Å². The molecule has 0 saturated heterocycles. The Morgan fingerprint density at radius 2 is 1.76 bits per heavy atom. The number of rotatable bonds is 7. The van der Waals surface area contributed by atoms with E-state index in [0.29, 0.717) is 11.3 Å². The molecule has 0 fully saturated rings. The summed E-state index contributed by atoms with van der Waals surface area (Å²) < 4.78 is 37.6. The van der Waals surface area contributed by atoms with E-state index >= 15 is 0 Å². The second-order valence-corrected chi connectivity index (χ2v) is 7.35. The number of hydrogen-bond donors (Lipinski definition) is 1. The quantitative estimate of drug-likeness (QED) is 0.770. The molecule has 5 nitrogen and oxygen atoms in total. The monoisotopic (exact) mass is 362 g/mol. The van der Waals surface area contributed by atoms with E-state index < -0.39 is 10.0 Å². The largest absolute Gasteiger partial charge is 0.348 e. The summed E-state index contributed by atoms with van der Waals surface area (Å²) in [6.45, 7) is 3.97. The lowest BCUT2D eigenvalue weighted by atomic mass is 10.1. The molecular formula is C18H19FN2O3S. The standard InChI is InChI=1S/C18H19FN2O3S/c1-3-12-21(25(2,23)24)17-10-6-15(7-11-17)18(22)20-13-14-4-8-16(19)9-5-14/h3-11H,1,12-13H2,2H3,(H,20,22). The Bertz CT molecular complexity index is 847. The van der Waals surface area contributed by atoms with Crippen molar-refractivity contribution in [3.05, 3.63) is 78.1 Å². The minimum atomic E-state index is -3.43. The minimum Gasteiger partial charge on any atom is -0.348 e. The van der Waals surface area contributed by atoms with Gasteiger partial charge in [0.25, 0.3) is 5.91 Å². The molecule has 25 heavy (non-hydrogen) atoms. The van der Waals surface area contributed by atoms with Crippen molar-refractivity contribution in [2.24, 2.45) is 0 Å². The highest BCUT2D eigenvalue weighted by atomic mass is 32.2. The van der Waals surface area contributed by atoms with Crippen LogP contribution in [0.4, 0.5) is 10.1 Å². The molecule has 2 aromatic rings. The van der Waals surface area contributed by atoms with Gasteiger partial charge < -0.3 is 5.32 Å². The molecule has 0 bridgehead atoms. The Morgan fingerprint density at radius 1 is 1.16 bits per heavy atom. The van der Waals surface area contributed by atoms with Crippen molar-refractivity contribution in [1.29, 1.82) is 0 Å². The van der Waals surface area contributed by atoms with Crippen LogP contribution >= 0.6 is 0 Å². The lowest BCUT2D eigenvalue weighted by molar-refractivity contribution is 0.0951. The van der Waals surface area contributed by atoms with E-state index in [4.69, 9.17) is 0 Å². The molecule has 1 amide bonds. The molecule has 0 aliphatic carbocycles. The van der Waals surface area contributed by atoms with Crippen LogP contribution < -0.4 is 9.62 Å². The number of benzene rings is 2. The zero-order chi connectivity index (χ0) is 18.4. The van der Waals surface area contributed by atoms with Crippen molar-refractivity contribution in [2.45, 2.75) is 6.54 Å². The number of amides is 1. The molecule has 0 aliphatic rings. The summed E-state index contributed by atoms with van der Waals surface area (Å²) in [4.78, 5) is 12.2. The second kappa shape index (κ2) is 7.94. The Hall–Kier alpha value is -2.67. The predicted octanol–water partition coefficient (Wildman–Crippen LogP) is 2.71. The molecule has 0 aliphatic heterocycles. The molecule has 1 N–H and O–H groups in total. The van der Waals surface area contributed by atoms with Gasteiger partial charge in [-0.3, -0.25) is 9.10 Å². The van der Waals surface area contributed by atoms with Crippen LogP contribution in [-0.2, 0) is 16.6 Å². The van der Waals surface area contributed by atoms with Crippen LogP contribution in [0, 0.1) is 5.82 Å². The van der Waals surface area contributed by atoms with Crippen LogP contribution in [0.1, 0.15) is 15.9 Å². The van der Waals surface area contributed by atoms with Crippen LogP contribution in [-0.4, -0.2) is 27.1 Å². The van der Waals surface area contributed by atoms with Gasteiger partial charge in [0, 0.05) is 12.1 Å².